The minimum atomic E-state index is -0.456. The van der Waals surface area contributed by atoms with Gasteiger partial charge in [0.05, 0.1) is 25.9 Å². The summed E-state index contributed by atoms with van der Waals surface area (Å²) in [5.74, 6) is 1.17. The third-order valence-corrected chi connectivity index (χ3v) is 6.58. The van der Waals surface area contributed by atoms with Gasteiger partial charge >= 0.3 is 0 Å². The first-order chi connectivity index (χ1) is 19.0. The Labute approximate surface area is 230 Å². The summed E-state index contributed by atoms with van der Waals surface area (Å²) in [7, 11) is 0. The number of hydrogen-bond donors (Lipinski definition) is 4. The standard InChI is InChI=1S/C30H38N6O3/c1-2-14-33-34-28(31)22-36(30(38)13-8-23-6-10-27(37)11-7-23)21-24-4-3-5-25(19-24)26-9-12-29(32-20-26)35-15-17-39-18-16-35/h2-7,9-12,19-20,28,33-34,37H,1,8,13-18,21-22,31H2/t28-/m0/s1. The van der Waals surface area contributed by atoms with E-state index < -0.39 is 6.17 Å². The lowest BCUT2D eigenvalue weighted by atomic mass is 10.0. The first kappa shape index (κ1) is 28.3. The van der Waals surface area contributed by atoms with Crippen LogP contribution in [0.4, 0.5) is 5.82 Å². The van der Waals surface area contributed by atoms with Gasteiger partial charge in [0, 0.05) is 44.4 Å². The van der Waals surface area contributed by atoms with Gasteiger partial charge in [0.15, 0.2) is 0 Å². The minimum Gasteiger partial charge on any atom is -0.508 e. The number of anilines is 1. The zero-order valence-electron chi connectivity index (χ0n) is 22.3. The van der Waals surface area contributed by atoms with Crippen molar-refractivity contribution in [2.24, 2.45) is 5.73 Å². The number of aromatic hydroxyl groups is 1. The summed E-state index contributed by atoms with van der Waals surface area (Å²) in [6.45, 7) is 8.14. The van der Waals surface area contributed by atoms with Crippen molar-refractivity contribution in [3.8, 4) is 16.9 Å². The van der Waals surface area contributed by atoms with E-state index in [0.717, 1.165) is 54.4 Å². The monoisotopic (exact) mass is 530 g/mol. The van der Waals surface area contributed by atoms with Crippen molar-refractivity contribution >= 4 is 11.7 Å². The summed E-state index contributed by atoms with van der Waals surface area (Å²) in [5, 5.41) is 9.53. The molecule has 1 saturated heterocycles. The van der Waals surface area contributed by atoms with E-state index in [1.54, 1.807) is 23.1 Å². The molecule has 1 aliphatic heterocycles. The highest BCUT2D eigenvalue weighted by atomic mass is 16.5. The molecule has 1 aromatic heterocycles. The number of phenols is 1. The van der Waals surface area contributed by atoms with Gasteiger partial charge in [-0.05, 0) is 53.4 Å². The predicted molar refractivity (Wildman–Crippen MR) is 154 cm³/mol. The Morgan fingerprint density at radius 3 is 2.64 bits per heavy atom. The number of rotatable bonds is 13. The fraction of sp³-hybridized carbons (Fsp3) is 0.333. The molecule has 0 radical (unpaired) electrons. The largest absolute Gasteiger partial charge is 0.508 e. The van der Waals surface area contributed by atoms with Crippen molar-refractivity contribution in [1.82, 2.24) is 20.7 Å². The van der Waals surface area contributed by atoms with E-state index in [4.69, 9.17) is 10.5 Å². The lowest BCUT2D eigenvalue weighted by molar-refractivity contribution is -0.132. The maximum absolute atomic E-state index is 13.3. The summed E-state index contributed by atoms with van der Waals surface area (Å²) >= 11 is 0. The highest BCUT2D eigenvalue weighted by molar-refractivity contribution is 5.76. The molecule has 3 aromatic rings. The van der Waals surface area contributed by atoms with E-state index in [9.17, 15) is 9.90 Å². The summed E-state index contributed by atoms with van der Waals surface area (Å²) in [6, 6.07) is 19.3. The molecule has 2 aromatic carbocycles. The third-order valence-electron chi connectivity index (χ3n) is 6.58. The van der Waals surface area contributed by atoms with Gasteiger partial charge in [-0.1, -0.05) is 36.4 Å². The SMILES string of the molecule is C=CCNN[C@H](N)CN(Cc1cccc(-c2ccc(N3CCOCC3)nc2)c1)C(=O)CCc1ccc(O)cc1. The van der Waals surface area contributed by atoms with E-state index in [2.05, 4.69) is 45.5 Å². The highest BCUT2D eigenvalue weighted by Crippen LogP contribution is 2.23. The molecule has 0 aliphatic carbocycles. The van der Waals surface area contributed by atoms with Crippen molar-refractivity contribution in [3.63, 3.8) is 0 Å². The molecule has 0 spiro atoms. The molecule has 1 aliphatic rings. The number of aromatic nitrogens is 1. The van der Waals surface area contributed by atoms with Crippen molar-refractivity contribution in [1.29, 1.82) is 0 Å². The highest BCUT2D eigenvalue weighted by Gasteiger charge is 2.18. The normalized spacial score (nSPS) is 14.1. The second-order valence-electron chi connectivity index (χ2n) is 9.57. The first-order valence-electron chi connectivity index (χ1n) is 13.3. The van der Waals surface area contributed by atoms with Gasteiger partial charge in [0.2, 0.25) is 5.91 Å². The third kappa shape index (κ3) is 8.62. The number of ether oxygens (including phenoxy) is 1. The summed E-state index contributed by atoms with van der Waals surface area (Å²) in [4.78, 5) is 22.0. The summed E-state index contributed by atoms with van der Waals surface area (Å²) < 4.78 is 5.44. The lowest BCUT2D eigenvalue weighted by Gasteiger charge is -2.28. The summed E-state index contributed by atoms with van der Waals surface area (Å²) in [5.41, 5.74) is 16.4. The van der Waals surface area contributed by atoms with Crippen LogP contribution in [0.1, 0.15) is 17.5 Å². The molecule has 5 N–H and O–H groups in total. The smallest absolute Gasteiger partial charge is 0.223 e. The van der Waals surface area contributed by atoms with Crippen LogP contribution < -0.4 is 21.5 Å². The van der Waals surface area contributed by atoms with E-state index >= 15 is 0 Å². The number of nitrogens with one attached hydrogen (secondary N) is 2. The van der Waals surface area contributed by atoms with Gasteiger partial charge in [-0.25, -0.2) is 10.4 Å². The van der Waals surface area contributed by atoms with Crippen LogP contribution in [-0.4, -0.2) is 66.5 Å². The number of carbonyl (C=O) groups excluding carboxylic acids is 1. The van der Waals surface area contributed by atoms with Gasteiger partial charge < -0.3 is 25.4 Å². The van der Waals surface area contributed by atoms with Gasteiger partial charge in [0.1, 0.15) is 11.6 Å². The van der Waals surface area contributed by atoms with Crippen molar-refractivity contribution in [2.45, 2.75) is 25.6 Å². The molecule has 1 fully saturated rings. The van der Waals surface area contributed by atoms with Crippen LogP contribution in [0.2, 0.25) is 0 Å². The molecule has 4 rings (SSSR count). The number of carbonyl (C=O) groups is 1. The summed E-state index contributed by atoms with van der Waals surface area (Å²) in [6.07, 6.45) is 4.09. The van der Waals surface area contributed by atoms with Crippen LogP contribution in [0, 0.1) is 0 Å². The van der Waals surface area contributed by atoms with E-state index in [0.29, 0.717) is 32.5 Å². The molecule has 0 saturated carbocycles. The number of amides is 1. The van der Waals surface area contributed by atoms with Crippen molar-refractivity contribution in [3.05, 3.63) is 90.6 Å². The number of hydrazine groups is 1. The number of morpholine rings is 1. The minimum absolute atomic E-state index is 0.00554. The number of aryl methyl sites for hydroxylation is 1. The van der Waals surface area contributed by atoms with Gasteiger partial charge in [0.25, 0.3) is 0 Å². The van der Waals surface area contributed by atoms with E-state index in [1.165, 1.54) is 0 Å². The van der Waals surface area contributed by atoms with Crippen LogP contribution in [0.5, 0.6) is 5.75 Å². The molecule has 0 unspecified atom stereocenters. The van der Waals surface area contributed by atoms with Crippen molar-refractivity contribution < 1.29 is 14.6 Å². The molecule has 1 amide bonds. The molecule has 206 valence electrons. The molecule has 9 nitrogen and oxygen atoms in total. The number of phenolic OH excluding ortho intramolecular Hbond substituents is 1. The van der Waals surface area contributed by atoms with E-state index in [1.807, 2.05) is 36.5 Å². The Bertz CT molecular complexity index is 1200. The van der Waals surface area contributed by atoms with Gasteiger partial charge in [-0.2, -0.15) is 0 Å². The van der Waals surface area contributed by atoms with E-state index in [-0.39, 0.29) is 11.7 Å². The number of nitrogens with two attached hydrogens (primary N) is 1. The molecule has 9 heteroatoms. The second-order valence-corrected chi connectivity index (χ2v) is 9.57. The Hall–Kier alpha value is -3.76. The Balaban J connectivity index is 1.44. The topological polar surface area (TPSA) is 116 Å². The molecular weight excluding hydrogens is 492 g/mol. The lowest BCUT2D eigenvalue weighted by Crippen LogP contribution is -2.53. The zero-order valence-corrected chi connectivity index (χ0v) is 22.3. The fourth-order valence-corrected chi connectivity index (χ4v) is 4.48. The average Bonchev–Trinajstić information content (AvgIpc) is 2.97. The molecule has 0 bridgehead atoms. The van der Waals surface area contributed by atoms with Gasteiger partial charge in [-0.3, -0.25) is 10.2 Å². The van der Waals surface area contributed by atoms with Crippen LogP contribution in [0.25, 0.3) is 11.1 Å². The number of pyridine rings is 1. The molecular formula is C30H38N6O3. The fourth-order valence-electron chi connectivity index (χ4n) is 4.48. The maximum Gasteiger partial charge on any atom is 0.223 e. The predicted octanol–water partition coefficient (Wildman–Crippen LogP) is 2.82. The maximum atomic E-state index is 13.3. The first-order valence-corrected chi connectivity index (χ1v) is 13.3. The average molecular weight is 531 g/mol. The van der Waals surface area contributed by atoms with Crippen LogP contribution in [0.15, 0.2) is 79.5 Å². The Kier molecular flexibility index (Phi) is 10.4. The molecule has 1 atom stereocenters. The molecule has 39 heavy (non-hydrogen) atoms. The van der Waals surface area contributed by atoms with Crippen LogP contribution in [0.3, 0.4) is 0 Å². The van der Waals surface area contributed by atoms with Crippen molar-refractivity contribution in [2.75, 3.05) is 44.3 Å². The molecule has 2 heterocycles. The zero-order chi connectivity index (χ0) is 27.5. The quantitative estimate of drug-likeness (QED) is 0.115. The number of hydrogen-bond acceptors (Lipinski definition) is 8. The Morgan fingerprint density at radius 2 is 1.92 bits per heavy atom. The number of nitrogens with zero attached hydrogens (tertiary/aromatic N) is 3. The van der Waals surface area contributed by atoms with Crippen LogP contribution >= 0.6 is 0 Å². The Morgan fingerprint density at radius 1 is 1.13 bits per heavy atom. The van der Waals surface area contributed by atoms with Crippen LogP contribution in [-0.2, 0) is 22.5 Å². The van der Waals surface area contributed by atoms with Gasteiger partial charge in [-0.15, -0.1) is 6.58 Å². The number of benzene rings is 2. The second kappa shape index (κ2) is 14.4.